The summed E-state index contributed by atoms with van der Waals surface area (Å²) < 4.78 is 11.1. The standard InChI is InChI=1S/C24H26N2O4/c1-6-13-26-23(27)21(17-8-10-18(11-9-17)30-15(2)3)22(24(26)28)25-19-14-16(4)7-12-20(19)29-5/h6-12,14-15,25H,1,13H2,2-5H3. The fourth-order valence-corrected chi connectivity index (χ4v) is 3.28. The van der Waals surface area contributed by atoms with Crippen molar-refractivity contribution in [3.63, 3.8) is 0 Å². The molecule has 1 aliphatic rings. The molecule has 0 saturated heterocycles. The van der Waals surface area contributed by atoms with E-state index in [0.29, 0.717) is 28.3 Å². The summed E-state index contributed by atoms with van der Waals surface area (Å²) >= 11 is 0. The SMILES string of the molecule is C=CCN1C(=O)C(Nc2cc(C)ccc2OC)=C(c2ccc(OC(C)C)cc2)C1=O. The number of nitrogens with one attached hydrogen (secondary N) is 1. The number of rotatable bonds is 8. The summed E-state index contributed by atoms with van der Waals surface area (Å²) in [6, 6.07) is 12.8. The molecule has 0 saturated carbocycles. The molecule has 6 heteroatoms. The van der Waals surface area contributed by atoms with E-state index in [1.54, 1.807) is 31.4 Å². The van der Waals surface area contributed by atoms with Gasteiger partial charge in [-0.3, -0.25) is 14.5 Å². The molecule has 1 aliphatic heterocycles. The van der Waals surface area contributed by atoms with Crippen LogP contribution in [0.3, 0.4) is 0 Å². The Morgan fingerprint density at radius 3 is 2.40 bits per heavy atom. The van der Waals surface area contributed by atoms with Gasteiger partial charge in [0.1, 0.15) is 17.2 Å². The van der Waals surface area contributed by atoms with Gasteiger partial charge in [0.15, 0.2) is 0 Å². The molecule has 1 N–H and O–H groups in total. The first kappa shape index (κ1) is 21.2. The largest absolute Gasteiger partial charge is 0.495 e. The highest BCUT2D eigenvalue weighted by molar-refractivity contribution is 6.36. The Labute approximate surface area is 176 Å². The lowest BCUT2D eigenvalue weighted by Crippen LogP contribution is -2.32. The number of nitrogens with zero attached hydrogens (tertiary/aromatic N) is 1. The lowest BCUT2D eigenvalue weighted by atomic mass is 10.0. The summed E-state index contributed by atoms with van der Waals surface area (Å²) in [5.41, 5.74) is 2.76. The highest BCUT2D eigenvalue weighted by Crippen LogP contribution is 2.34. The van der Waals surface area contributed by atoms with Gasteiger partial charge in [-0.2, -0.15) is 0 Å². The third-order valence-electron chi connectivity index (χ3n) is 4.61. The molecule has 2 amide bonds. The molecule has 0 aromatic heterocycles. The third kappa shape index (κ3) is 4.22. The molecule has 6 nitrogen and oxygen atoms in total. The predicted octanol–water partition coefficient (Wildman–Crippen LogP) is 4.17. The first-order chi connectivity index (χ1) is 14.3. The van der Waals surface area contributed by atoms with E-state index in [0.717, 1.165) is 5.56 Å². The molecule has 2 aromatic carbocycles. The van der Waals surface area contributed by atoms with E-state index in [9.17, 15) is 9.59 Å². The van der Waals surface area contributed by atoms with Gasteiger partial charge in [-0.1, -0.05) is 24.3 Å². The Kier molecular flexibility index (Phi) is 6.26. The van der Waals surface area contributed by atoms with E-state index in [1.165, 1.54) is 11.0 Å². The Hall–Kier alpha value is -3.54. The van der Waals surface area contributed by atoms with Crippen LogP contribution in [-0.4, -0.2) is 36.5 Å². The summed E-state index contributed by atoms with van der Waals surface area (Å²) in [5, 5.41) is 3.14. The van der Waals surface area contributed by atoms with Crippen molar-refractivity contribution in [2.24, 2.45) is 0 Å². The molecule has 0 fully saturated rings. The molecule has 0 spiro atoms. The number of carbonyl (C=O) groups excluding carboxylic acids is 2. The number of hydrogen-bond acceptors (Lipinski definition) is 5. The van der Waals surface area contributed by atoms with Crippen molar-refractivity contribution >= 4 is 23.1 Å². The molecule has 0 bridgehead atoms. The van der Waals surface area contributed by atoms with Crippen LogP contribution in [0.15, 0.2) is 60.8 Å². The van der Waals surface area contributed by atoms with Gasteiger partial charge in [-0.25, -0.2) is 0 Å². The van der Waals surface area contributed by atoms with Crippen molar-refractivity contribution in [1.29, 1.82) is 0 Å². The Morgan fingerprint density at radius 2 is 1.80 bits per heavy atom. The molecule has 1 heterocycles. The van der Waals surface area contributed by atoms with Crippen LogP contribution in [0.5, 0.6) is 11.5 Å². The van der Waals surface area contributed by atoms with Crippen LogP contribution in [0.25, 0.3) is 5.57 Å². The maximum Gasteiger partial charge on any atom is 0.278 e. The Morgan fingerprint density at radius 1 is 1.10 bits per heavy atom. The minimum absolute atomic E-state index is 0.0406. The highest BCUT2D eigenvalue weighted by Gasteiger charge is 2.38. The van der Waals surface area contributed by atoms with E-state index in [1.807, 2.05) is 39.0 Å². The van der Waals surface area contributed by atoms with Crippen molar-refractivity contribution in [3.05, 3.63) is 71.9 Å². The zero-order chi connectivity index (χ0) is 21.8. The first-order valence-corrected chi connectivity index (χ1v) is 9.75. The number of imide groups is 1. The number of amides is 2. The quantitative estimate of drug-likeness (QED) is 0.526. The monoisotopic (exact) mass is 406 g/mol. The van der Waals surface area contributed by atoms with E-state index in [4.69, 9.17) is 9.47 Å². The number of hydrogen-bond donors (Lipinski definition) is 1. The average molecular weight is 406 g/mol. The smallest absolute Gasteiger partial charge is 0.278 e. The zero-order valence-corrected chi connectivity index (χ0v) is 17.7. The number of benzene rings is 2. The molecular weight excluding hydrogens is 380 g/mol. The molecule has 30 heavy (non-hydrogen) atoms. The molecule has 0 unspecified atom stereocenters. The van der Waals surface area contributed by atoms with Gasteiger partial charge in [-0.15, -0.1) is 6.58 Å². The lowest BCUT2D eigenvalue weighted by molar-refractivity contribution is -0.136. The second kappa shape index (κ2) is 8.86. The summed E-state index contributed by atoms with van der Waals surface area (Å²) in [5.74, 6) is 0.506. The maximum absolute atomic E-state index is 13.1. The Balaban J connectivity index is 2.07. The van der Waals surface area contributed by atoms with Gasteiger partial charge in [-0.05, 0) is 56.2 Å². The van der Waals surface area contributed by atoms with Crippen LogP contribution >= 0.6 is 0 Å². The molecule has 0 radical (unpaired) electrons. The fraction of sp³-hybridized carbons (Fsp3) is 0.250. The van der Waals surface area contributed by atoms with Gasteiger partial charge in [0.2, 0.25) is 0 Å². The van der Waals surface area contributed by atoms with E-state index in [2.05, 4.69) is 11.9 Å². The van der Waals surface area contributed by atoms with Crippen molar-refractivity contribution in [3.8, 4) is 11.5 Å². The number of anilines is 1. The van der Waals surface area contributed by atoms with E-state index >= 15 is 0 Å². The molecule has 3 rings (SSSR count). The van der Waals surface area contributed by atoms with Crippen molar-refractivity contribution in [2.45, 2.75) is 26.9 Å². The van der Waals surface area contributed by atoms with Crippen LogP contribution in [-0.2, 0) is 9.59 Å². The van der Waals surface area contributed by atoms with Gasteiger partial charge in [0, 0.05) is 6.54 Å². The maximum atomic E-state index is 13.1. The van der Waals surface area contributed by atoms with Crippen LogP contribution in [0.1, 0.15) is 25.0 Å². The second-order valence-electron chi connectivity index (χ2n) is 7.28. The van der Waals surface area contributed by atoms with Gasteiger partial charge in [0.25, 0.3) is 11.8 Å². The number of carbonyl (C=O) groups is 2. The van der Waals surface area contributed by atoms with Crippen molar-refractivity contribution in [1.82, 2.24) is 4.90 Å². The number of ether oxygens (including phenoxy) is 2. The molecule has 0 atom stereocenters. The normalized spacial score (nSPS) is 13.8. The molecule has 0 aliphatic carbocycles. The first-order valence-electron chi connectivity index (χ1n) is 9.75. The van der Waals surface area contributed by atoms with E-state index in [-0.39, 0.29) is 24.3 Å². The third-order valence-corrected chi connectivity index (χ3v) is 4.61. The molecule has 156 valence electrons. The van der Waals surface area contributed by atoms with Crippen LogP contribution in [0.2, 0.25) is 0 Å². The summed E-state index contributed by atoms with van der Waals surface area (Å²) in [4.78, 5) is 27.3. The average Bonchev–Trinajstić information content (AvgIpc) is 2.93. The molecular formula is C24H26N2O4. The van der Waals surface area contributed by atoms with Crippen LogP contribution in [0.4, 0.5) is 5.69 Å². The topological polar surface area (TPSA) is 67.9 Å². The second-order valence-corrected chi connectivity index (χ2v) is 7.28. The Bertz CT molecular complexity index is 1010. The van der Waals surface area contributed by atoms with Crippen molar-refractivity contribution in [2.75, 3.05) is 19.0 Å². The van der Waals surface area contributed by atoms with Crippen LogP contribution in [0, 0.1) is 6.92 Å². The van der Waals surface area contributed by atoms with Crippen LogP contribution < -0.4 is 14.8 Å². The van der Waals surface area contributed by atoms with Gasteiger partial charge >= 0.3 is 0 Å². The van der Waals surface area contributed by atoms with E-state index < -0.39 is 5.91 Å². The zero-order valence-electron chi connectivity index (χ0n) is 17.7. The van der Waals surface area contributed by atoms with Gasteiger partial charge in [0.05, 0.1) is 24.5 Å². The summed E-state index contributed by atoms with van der Waals surface area (Å²) in [7, 11) is 1.56. The van der Waals surface area contributed by atoms with Gasteiger partial charge < -0.3 is 14.8 Å². The summed E-state index contributed by atoms with van der Waals surface area (Å²) in [6.07, 6.45) is 1.57. The molecule has 2 aromatic rings. The lowest BCUT2D eigenvalue weighted by Gasteiger charge is -2.14. The number of aryl methyl sites for hydroxylation is 1. The predicted molar refractivity (Wildman–Crippen MR) is 117 cm³/mol. The fourth-order valence-electron chi connectivity index (χ4n) is 3.28. The highest BCUT2D eigenvalue weighted by atomic mass is 16.5. The van der Waals surface area contributed by atoms with Crippen molar-refractivity contribution < 1.29 is 19.1 Å². The number of methoxy groups -OCH3 is 1. The summed E-state index contributed by atoms with van der Waals surface area (Å²) in [6.45, 7) is 9.62. The minimum Gasteiger partial charge on any atom is -0.495 e. The minimum atomic E-state index is -0.402.